The highest BCUT2D eigenvalue weighted by Crippen LogP contribution is 2.28. The Labute approximate surface area is 163 Å². The Balaban J connectivity index is 2.01. The summed E-state index contributed by atoms with van der Waals surface area (Å²) < 4.78 is 5.15. The third kappa shape index (κ3) is 5.29. The fourth-order valence-electron chi connectivity index (χ4n) is 2.50. The van der Waals surface area contributed by atoms with Gasteiger partial charge in [-0.1, -0.05) is 29.8 Å². The van der Waals surface area contributed by atoms with E-state index in [1.165, 1.54) is 19.1 Å². The second-order valence-corrected chi connectivity index (χ2v) is 6.61. The molecule has 0 aliphatic heterocycles. The highest BCUT2D eigenvalue weighted by atomic mass is 16.6. The van der Waals surface area contributed by atoms with Gasteiger partial charge in [0.25, 0.3) is 11.6 Å². The van der Waals surface area contributed by atoms with Crippen LogP contribution in [0.25, 0.3) is 0 Å². The number of rotatable bonds is 7. The summed E-state index contributed by atoms with van der Waals surface area (Å²) in [5.41, 5.74) is 2.20. The maximum atomic E-state index is 12.3. The van der Waals surface area contributed by atoms with Gasteiger partial charge in [0.1, 0.15) is 5.69 Å². The van der Waals surface area contributed by atoms with Crippen molar-refractivity contribution in [2.75, 3.05) is 19.0 Å². The minimum Gasteiger partial charge on any atom is -0.449 e. The Kier molecular flexibility index (Phi) is 6.70. The predicted octanol–water partition coefficient (Wildman–Crippen LogP) is 2.83. The molecule has 1 atom stereocenters. The SMILES string of the molecule is Cc1ccc(CNC(=O)[C@H](C)OC(=O)c2ccc(N(C)C)c([N+](=O)[O-])c2)cc1. The van der Waals surface area contributed by atoms with Crippen LogP contribution in [0.5, 0.6) is 0 Å². The number of carbonyl (C=O) groups is 2. The second-order valence-electron chi connectivity index (χ2n) is 6.61. The molecule has 28 heavy (non-hydrogen) atoms. The molecular formula is C20H23N3O5. The van der Waals surface area contributed by atoms with Gasteiger partial charge < -0.3 is 15.0 Å². The average molecular weight is 385 g/mol. The number of hydrogen-bond donors (Lipinski definition) is 1. The van der Waals surface area contributed by atoms with Gasteiger partial charge in [0.05, 0.1) is 10.5 Å². The van der Waals surface area contributed by atoms with Crippen molar-refractivity contribution in [2.24, 2.45) is 0 Å². The molecule has 2 aromatic carbocycles. The normalized spacial score (nSPS) is 11.4. The van der Waals surface area contributed by atoms with Crippen molar-refractivity contribution < 1.29 is 19.2 Å². The van der Waals surface area contributed by atoms with Crippen LogP contribution in [0.4, 0.5) is 11.4 Å². The van der Waals surface area contributed by atoms with Crippen LogP contribution in [-0.2, 0) is 16.1 Å². The summed E-state index contributed by atoms with van der Waals surface area (Å²) in [6, 6.07) is 11.7. The van der Waals surface area contributed by atoms with E-state index in [1.54, 1.807) is 19.0 Å². The molecule has 0 aliphatic rings. The largest absolute Gasteiger partial charge is 0.449 e. The molecule has 0 unspecified atom stereocenters. The molecule has 2 aromatic rings. The number of nitro benzene ring substituents is 1. The molecule has 2 rings (SSSR count). The lowest BCUT2D eigenvalue weighted by Gasteiger charge is -2.15. The summed E-state index contributed by atoms with van der Waals surface area (Å²) in [7, 11) is 3.33. The lowest BCUT2D eigenvalue weighted by atomic mass is 10.1. The molecule has 148 valence electrons. The zero-order chi connectivity index (χ0) is 20.8. The van der Waals surface area contributed by atoms with E-state index in [2.05, 4.69) is 5.32 Å². The van der Waals surface area contributed by atoms with Gasteiger partial charge in [-0.25, -0.2) is 4.79 Å². The number of amides is 1. The van der Waals surface area contributed by atoms with Crippen LogP contribution in [0.15, 0.2) is 42.5 Å². The van der Waals surface area contributed by atoms with E-state index in [-0.39, 0.29) is 11.3 Å². The average Bonchev–Trinajstić information content (AvgIpc) is 2.66. The van der Waals surface area contributed by atoms with Crippen molar-refractivity contribution in [3.05, 3.63) is 69.3 Å². The van der Waals surface area contributed by atoms with Crippen LogP contribution >= 0.6 is 0 Å². The molecule has 0 bridgehead atoms. The van der Waals surface area contributed by atoms with E-state index in [9.17, 15) is 19.7 Å². The number of aryl methyl sites for hydroxylation is 1. The van der Waals surface area contributed by atoms with E-state index >= 15 is 0 Å². The topological polar surface area (TPSA) is 102 Å². The first kappa shape index (κ1) is 20.9. The number of nitrogens with one attached hydrogen (secondary N) is 1. The van der Waals surface area contributed by atoms with E-state index < -0.39 is 22.9 Å². The Morgan fingerprint density at radius 1 is 1.18 bits per heavy atom. The summed E-state index contributed by atoms with van der Waals surface area (Å²) in [4.78, 5) is 36.7. The minimum atomic E-state index is -1.04. The molecular weight excluding hydrogens is 362 g/mol. The number of esters is 1. The standard InChI is InChI=1S/C20H23N3O5/c1-13-5-7-15(8-6-13)12-21-19(24)14(2)28-20(25)16-9-10-17(22(3)4)18(11-16)23(26)27/h5-11,14H,12H2,1-4H3,(H,21,24)/t14-/m0/s1. The van der Waals surface area contributed by atoms with Crippen molar-refractivity contribution in [3.8, 4) is 0 Å². The molecule has 8 nitrogen and oxygen atoms in total. The zero-order valence-corrected chi connectivity index (χ0v) is 16.3. The molecule has 8 heteroatoms. The third-order valence-electron chi connectivity index (χ3n) is 4.13. The Morgan fingerprint density at radius 3 is 2.39 bits per heavy atom. The van der Waals surface area contributed by atoms with Crippen LogP contribution in [0, 0.1) is 17.0 Å². The summed E-state index contributed by atoms with van der Waals surface area (Å²) in [6.45, 7) is 3.73. The maximum absolute atomic E-state index is 12.3. The van der Waals surface area contributed by atoms with Crippen LogP contribution in [-0.4, -0.2) is 37.0 Å². The minimum absolute atomic E-state index is 0.00971. The number of nitrogens with zero attached hydrogens (tertiary/aromatic N) is 2. The molecule has 0 radical (unpaired) electrons. The van der Waals surface area contributed by atoms with Crippen molar-refractivity contribution in [1.29, 1.82) is 0 Å². The highest BCUT2D eigenvalue weighted by molar-refractivity contribution is 5.93. The highest BCUT2D eigenvalue weighted by Gasteiger charge is 2.22. The van der Waals surface area contributed by atoms with Gasteiger partial charge in [0.15, 0.2) is 6.10 Å². The molecule has 0 heterocycles. The molecule has 0 spiro atoms. The lowest BCUT2D eigenvalue weighted by molar-refractivity contribution is -0.384. The zero-order valence-electron chi connectivity index (χ0n) is 16.3. The number of ether oxygens (including phenoxy) is 1. The van der Waals surface area contributed by atoms with Crippen LogP contribution in [0.1, 0.15) is 28.4 Å². The smallest absolute Gasteiger partial charge is 0.339 e. The quantitative estimate of drug-likeness (QED) is 0.447. The molecule has 0 aliphatic carbocycles. The van der Waals surface area contributed by atoms with Gasteiger partial charge in [-0.05, 0) is 31.5 Å². The molecule has 1 amide bonds. The maximum Gasteiger partial charge on any atom is 0.339 e. The van der Waals surface area contributed by atoms with Gasteiger partial charge in [-0.15, -0.1) is 0 Å². The fraction of sp³-hybridized carbons (Fsp3) is 0.300. The summed E-state index contributed by atoms with van der Waals surface area (Å²) >= 11 is 0. The summed E-state index contributed by atoms with van der Waals surface area (Å²) in [6.07, 6.45) is -1.04. The number of nitro groups is 1. The fourth-order valence-corrected chi connectivity index (χ4v) is 2.50. The Hall–Kier alpha value is -3.42. The summed E-state index contributed by atoms with van der Waals surface area (Å²) in [5, 5.41) is 13.9. The predicted molar refractivity (Wildman–Crippen MR) is 105 cm³/mol. The lowest BCUT2D eigenvalue weighted by Crippen LogP contribution is -2.35. The monoisotopic (exact) mass is 385 g/mol. The van der Waals surface area contributed by atoms with Gasteiger partial charge >= 0.3 is 5.97 Å². The van der Waals surface area contributed by atoms with Crippen LogP contribution in [0.2, 0.25) is 0 Å². The number of hydrogen-bond acceptors (Lipinski definition) is 6. The van der Waals surface area contributed by atoms with Gasteiger partial charge in [0.2, 0.25) is 0 Å². The molecule has 0 saturated carbocycles. The van der Waals surface area contributed by atoms with Crippen LogP contribution in [0.3, 0.4) is 0 Å². The Bertz CT molecular complexity index is 878. The molecule has 1 N–H and O–H groups in total. The first-order valence-electron chi connectivity index (χ1n) is 8.69. The Morgan fingerprint density at radius 2 is 1.82 bits per heavy atom. The van der Waals surface area contributed by atoms with Gasteiger partial charge in [-0.3, -0.25) is 14.9 Å². The molecule has 0 fully saturated rings. The van der Waals surface area contributed by atoms with Crippen molar-refractivity contribution in [3.63, 3.8) is 0 Å². The van der Waals surface area contributed by atoms with E-state index in [4.69, 9.17) is 4.74 Å². The first-order chi connectivity index (χ1) is 13.2. The molecule has 0 saturated heterocycles. The van der Waals surface area contributed by atoms with E-state index in [0.29, 0.717) is 12.2 Å². The second kappa shape index (κ2) is 8.98. The third-order valence-corrected chi connectivity index (χ3v) is 4.13. The van der Waals surface area contributed by atoms with E-state index in [1.807, 2.05) is 31.2 Å². The van der Waals surface area contributed by atoms with Gasteiger partial charge in [0, 0.05) is 26.7 Å². The first-order valence-corrected chi connectivity index (χ1v) is 8.69. The van der Waals surface area contributed by atoms with Crippen LogP contribution < -0.4 is 10.2 Å². The summed E-state index contributed by atoms with van der Waals surface area (Å²) in [5.74, 6) is -1.25. The van der Waals surface area contributed by atoms with Crippen molar-refractivity contribution in [2.45, 2.75) is 26.5 Å². The van der Waals surface area contributed by atoms with E-state index in [0.717, 1.165) is 17.2 Å². The number of benzene rings is 2. The van der Waals surface area contributed by atoms with Crippen molar-refractivity contribution in [1.82, 2.24) is 5.32 Å². The van der Waals surface area contributed by atoms with Crippen molar-refractivity contribution >= 4 is 23.3 Å². The van der Waals surface area contributed by atoms with Gasteiger partial charge in [-0.2, -0.15) is 0 Å². The number of carbonyl (C=O) groups excluding carboxylic acids is 2. The number of anilines is 1. The molecule has 0 aromatic heterocycles.